The number of hydrogen-bond donors (Lipinski definition) is 1. The van der Waals surface area contributed by atoms with Gasteiger partial charge < -0.3 is 4.74 Å². The third-order valence-corrected chi connectivity index (χ3v) is 5.68. The number of ether oxygens (including phenoxy) is 1. The number of carbonyl (C=O) groups is 1. The van der Waals surface area contributed by atoms with Crippen LogP contribution in [0.25, 0.3) is 0 Å². The van der Waals surface area contributed by atoms with E-state index in [9.17, 15) is 4.79 Å². The molecule has 0 aliphatic carbocycles. The van der Waals surface area contributed by atoms with Crippen LogP contribution in [0.5, 0.6) is 0 Å². The van der Waals surface area contributed by atoms with Crippen LogP contribution in [0.15, 0.2) is 53.4 Å². The highest BCUT2D eigenvalue weighted by Gasteiger charge is 2.04. The van der Waals surface area contributed by atoms with Gasteiger partial charge in [-0.2, -0.15) is 0 Å². The monoisotopic (exact) mass is 451 g/mol. The van der Waals surface area contributed by atoms with Gasteiger partial charge in [0, 0.05) is 36.8 Å². The van der Waals surface area contributed by atoms with Gasteiger partial charge in [-0.3, -0.25) is 5.32 Å². The molecule has 0 spiro atoms. The second-order valence-electron chi connectivity index (χ2n) is 4.00. The van der Waals surface area contributed by atoms with Gasteiger partial charge in [-0.25, -0.2) is 4.79 Å². The van der Waals surface area contributed by atoms with E-state index < -0.39 is 6.09 Å². The minimum Gasteiger partial charge on any atom is -0.444 e. The van der Waals surface area contributed by atoms with Crippen molar-refractivity contribution in [3.8, 4) is 0 Å². The Hall–Kier alpha value is -0.570. The molecule has 0 unspecified atom stereocenters. The van der Waals surface area contributed by atoms with Crippen LogP contribution in [0.3, 0.4) is 0 Å². The number of benzene rings is 2. The van der Waals surface area contributed by atoms with Crippen LogP contribution in [-0.4, -0.2) is 6.09 Å². The number of halogens is 2. The van der Waals surface area contributed by atoms with Crippen LogP contribution in [-0.2, 0) is 11.3 Å². The van der Waals surface area contributed by atoms with E-state index in [-0.39, 0.29) is 6.61 Å². The Bertz CT molecular complexity index is 593. The molecule has 2 aromatic carbocycles. The summed E-state index contributed by atoms with van der Waals surface area (Å²) in [5.41, 5.74) is 1.60. The smallest absolute Gasteiger partial charge is 0.411 e. The molecule has 0 radical (unpaired) electrons. The van der Waals surface area contributed by atoms with E-state index in [2.05, 4.69) is 26.5 Å². The van der Waals surface area contributed by atoms with Gasteiger partial charge in [-0.1, -0.05) is 23.7 Å². The van der Waals surface area contributed by atoms with E-state index in [1.165, 1.54) is 0 Å². The predicted octanol–water partition coefficient (Wildman–Crippen LogP) is 6.18. The molecule has 3 nitrogen and oxygen atoms in total. The van der Waals surface area contributed by atoms with Crippen LogP contribution in [0.1, 0.15) is 5.56 Å². The molecule has 0 aliphatic heterocycles. The number of anilines is 1. The molecule has 0 fully saturated rings. The van der Waals surface area contributed by atoms with Gasteiger partial charge in [0.2, 0.25) is 0 Å². The first-order chi connectivity index (χ1) is 10.2. The number of hydrogen-bond acceptors (Lipinski definition) is 4. The Balaban J connectivity index is 1.82. The molecule has 1 N–H and O–H groups in total. The summed E-state index contributed by atoms with van der Waals surface area (Å²) in [4.78, 5) is 12.8. The lowest BCUT2D eigenvalue weighted by Gasteiger charge is -2.07. The van der Waals surface area contributed by atoms with Gasteiger partial charge >= 0.3 is 6.09 Å². The van der Waals surface area contributed by atoms with Crippen molar-refractivity contribution in [3.05, 3.63) is 59.1 Å². The molecule has 2 rings (SSSR count). The zero-order chi connectivity index (χ0) is 15.1. The van der Waals surface area contributed by atoms with E-state index in [0.717, 1.165) is 10.5 Å². The lowest BCUT2D eigenvalue weighted by Crippen LogP contribution is -2.13. The third-order valence-electron chi connectivity index (χ3n) is 2.51. The summed E-state index contributed by atoms with van der Waals surface area (Å²) in [5.74, 6) is 0. The molecule has 0 heterocycles. The maximum absolute atomic E-state index is 11.7. The Morgan fingerprint density at radius 2 is 1.81 bits per heavy atom. The SMILES string of the molecule is O=C(Nc1ccc(SSI)cc1)OCc1ccc(Cl)cc1. The molecule has 21 heavy (non-hydrogen) atoms. The average Bonchev–Trinajstić information content (AvgIpc) is 2.49. The minimum atomic E-state index is -0.478. The highest BCUT2D eigenvalue weighted by molar-refractivity contribution is 14.2. The van der Waals surface area contributed by atoms with Crippen molar-refractivity contribution in [1.29, 1.82) is 0 Å². The summed E-state index contributed by atoms with van der Waals surface area (Å²) >= 11 is 8.01. The van der Waals surface area contributed by atoms with E-state index in [1.54, 1.807) is 30.9 Å². The van der Waals surface area contributed by atoms with Gasteiger partial charge in [-0.05, 0) is 60.7 Å². The molecule has 0 bridgehead atoms. The largest absolute Gasteiger partial charge is 0.444 e. The molecular weight excluding hydrogens is 441 g/mol. The van der Waals surface area contributed by atoms with E-state index >= 15 is 0 Å². The average molecular weight is 452 g/mol. The van der Waals surface area contributed by atoms with Crippen LogP contribution >= 0.6 is 51.6 Å². The Morgan fingerprint density at radius 1 is 1.14 bits per heavy atom. The lowest BCUT2D eigenvalue weighted by atomic mass is 10.2. The molecular formula is C14H11ClINO2S2. The fourth-order valence-electron chi connectivity index (χ4n) is 1.51. The first-order valence-corrected chi connectivity index (χ1v) is 11.0. The quantitative estimate of drug-likeness (QED) is 0.435. The first-order valence-electron chi connectivity index (χ1n) is 5.91. The van der Waals surface area contributed by atoms with Crippen molar-refractivity contribution in [2.75, 3.05) is 5.32 Å². The van der Waals surface area contributed by atoms with Gasteiger partial charge in [0.25, 0.3) is 0 Å². The Kier molecular flexibility index (Phi) is 7.01. The second-order valence-corrected chi connectivity index (χ2v) is 9.31. The Labute approximate surface area is 148 Å². The summed E-state index contributed by atoms with van der Waals surface area (Å²) in [6, 6.07) is 14.8. The van der Waals surface area contributed by atoms with Crippen LogP contribution in [0.2, 0.25) is 5.02 Å². The van der Waals surface area contributed by atoms with Crippen molar-refractivity contribution in [2.45, 2.75) is 11.5 Å². The van der Waals surface area contributed by atoms with Crippen molar-refractivity contribution in [2.24, 2.45) is 0 Å². The van der Waals surface area contributed by atoms with Gasteiger partial charge in [0.1, 0.15) is 6.61 Å². The molecule has 7 heteroatoms. The summed E-state index contributed by atoms with van der Waals surface area (Å²) in [6.07, 6.45) is -0.478. The fraction of sp³-hybridized carbons (Fsp3) is 0.0714. The summed E-state index contributed by atoms with van der Waals surface area (Å²) < 4.78 is 5.15. The number of rotatable bonds is 5. The molecule has 0 saturated heterocycles. The van der Waals surface area contributed by atoms with Gasteiger partial charge in [0.05, 0.1) is 0 Å². The van der Waals surface area contributed by atoms with E-state index in [4.69, 9.17) is 16.3 Å². The second kappa shape index (κ2) is 8.77. The Morgan fingerprint density at radius 3 is 2.43 bits per heavy atom. The molecule has 0 atom stereocenters. The van der Waals surface area contributed by atoms with Crippen LogP contribution < -0.4 is 5.32 Å². The number of amides is 1. The van der Waals surface area contributed by atoms with Gasteiger partial charge in [0.15, 0.2) is 0 Å². The molecule has 0 aliphatic rings. The van der Waals surface area contributed by atoms with Gasteiger partial charge in [-0.15, -0.1) is 0 Å². The van der Waals surface area contributed by atoms with Crippen molar-refractivity contribution in [1.82, 2.24) is 0 Å². The van der Waals surface area contributed by atoms with Crippen molar-refractivity contribution in [3.63, 3.8) is 0 Å². The van der Waals surface area contributed by atoms with Crippen LogP contribution in [0, 0.1) is 0 Å². The first kappa shape index (κ1) is 16.8. The fourth-order valence-corrected chi connectivity index (χ4v) is 4.38. The molecule has 0 aromatic heterocycles. The standard InChI is InChI=1S/C14H11ClINO2S2/c15-11-3-1-10(2-4-11)9-19-14(18)17-12-5-7-13(8-6-12)20-21-16/h1-8H,9H2,(H,17,18). The maximum Gasteiger partial charge on any atom is 0.411 e. The minimum absolute atomic E-state index is 0.211. The topological polar surface area (TPSA) is 38.3 Å². The molecule has 2 aromatic rings. The zero-order valence-corrected chi connectivity index (χ0v) is 15.3. The third kappa shape index (κ3) is 5.98. The zero-order valence-electron chi connectivity index (χ0n) is 10.7. The highest BCUT2D eigenvalue weighted by atomic mass is 127. The maximum atomic E-state index is 11.7. The van der Waals surface area contributed by atoms with Crippen molar-refractivity contribution >= 4 is 63.3 Å². The highest BCUT2D eigenvalue weighted by Crippen LogP contribution is 2.36. The summed E-state index contributed by atoms with van der Waals surface area (Å²) in [5, 5.41) is 3.35. The summed E-state index contributed by atoms with van der Waals surface area (Å²) in [7, 11) is 3.31. The summed E-state index contributed by atoms with van der Waals surface area (Å²) in [6.45, 7) is 0.211. The van der Waals surface area contributed by atoms with E-state index in [1.807, 2.05) is 36.4 Å². The van der Waals surface area contributed by atoms with Crippen molar-refractivity contribution < 1.29 is 9.53 Å². The van der Waals surface area contributed by atoms with Crippen LogP contribution in [0.4, 0.5) is 10.5 Å². The molecule has 110 valence electrons. The normalized spacial score (nSPS) is 10.2. The number of carbonyl (C=O) groups excluding carboxylic acids is 1. The molecule has 1 amide bonds. The molecule has 0 saturated carbocycles. The lowest BCUT2D eigenvalue weighted by molar-refractivity contribution is 0.155. The number of nitrogens with one attached hydrogen (secondary N) is 1. The van der Waals surface area contributed by atoms with E-state index in [0.29, 0.717) is 10.7 Å². The predicted molar refractivity (Wildman–Crippen MR) is 99.2 cm³/mol.